The fourth-order valence-electron chi connectivity index (χ4n) is 6.58. The molecule has 0 unspecified atom stereocenters. The van der Waals surface area contributed by atoms with Crippen molar-refractivity contribution in [2.45, 2.75) is 117 Å². The number of aryl methyl sites for hydroxylation is 1. The molecule has 7 rings (SSSR count). The molecule has 0 spiro atoms. The van der Waals surface area contributed by atoms with Crippen LogP contribution in [0.1, 0.15) is 126 Å². The number of carbonyl (C=O) groups is 1. The minimum absolute atomic E-state index is 0.0113. The van der Waals surface area contributed by atoms with Gasteiger partial charge in [-0.15, -0.1) is 0 Å². The summed E-state index contributed by atoms with van der Waals surface area (Å²) in [5, 5.41) is 3.17. The van der Waals surface area contributed by atoms with E-state index in [9.17, 15) is 13.6 Å². The van der Waals surface area contributed by atoms with Crippen LogP contribution in [0.3, 0.4) is 0 Å². The van der Waals surface area contributed by atoms with Crippen LogP contribution in [0.5, 0.6) is 11.6 Å². The number of hydrogen-bond donors (Lipinski definition) is 3. The third-order valence-electron chi connectivity index (χ3n) is 10.6. The summed E-state index contributed by atoms with van der Waals surface area (Å²) in [6.45, 7) is 49.9. The second kappa shape index (κ2) is 43.9. The van der Waals surface area contributed by atoms with Gasteiger partial charge in [0.15, 0.2) is 23.2 Å². The van der Waals surface area contributed by atoms with Crippen molar-refractivity contribution in [3.63, 3.8) is 0 Å². The Hall–Kier alpha value is -5.33. The van der Waals surface area contributed by atoms with E-state index in [4.69, 9.17) is 10.5 Å². The minimum atomic E-state index is -0.761. The summed E-state index contributed by atoms with van der Waals surface area (Å²) in [6, 6.07) is 6.23. The van der Waals surface area contributed by atoms with Gasteiger partial charge in [0.2, 0.25) is 5.88 Å². The highest BCUT2D eigenvalue weighted by molar-refractivity contribution is 6.01. The third-order valence-corrected chi connectivity index (χ3v) is 10.6. The molecule has 0 radical (unpaired) electrons. The van der Waals surface area contributed by atoms with Crippen molar-refractivity contribution in [3.05, 3.63) is 95.9 Å². The maximum atomic E-state index is 15.5. The maximum absolute atomic E-state index is 15.5. The normalized spacial score (nSPS) is 14.0. The van der Waals surface area contributed by atoms with Gasteiger partial charge in [-0.25, -0.2) is 28.1 Å². The van der Waals surface area contributed by atoms with Crippen molar-refractivity contribution in [3.8, 4) is 11.6 Å². The van der Waals surface area contributed by atoms with Gasteiger partial charge >= 0.3 is 0 Å². The van der Waals surface area contributed by atoms with Gasteiger partial charge in [0.05, 0.1) is 17.4 Å². The Morgan fingerprint density at radius 3 is 1.63 bits per heavy atom. The number of carbonyl (C=O) groups excluding carboxylic acids is 1. The number of nitrogens with one attached hydrogen (secondary N) is 2. The number of allylic oxidation sites excluding steroid dienone is 4. The van der Waals surface area contributed by atoms with Gasteiger partial charge in [0.1, 0.15) is 23.5 Å². The highest BCUT2D eigenvalue weighted by Gasteiger charge is 2.29. The standard InChI is InChI=1S/C29H33F2N9O2.C8H11F.C6H14N2.C3H9N.6C2H6/c1-18-14-20-25(31)22(15-21(30)26(20)35-18)42-28-24(29(41)40-12-8-38(3)9-13-40)27(33-17-34-28)36-23-5-4-19(16-32-23)39-10-6-37(2)7-11-39;1-6(2)5-7(3)8(4)9;1-7-3-5-8(2)6-4-7;1-2-3-4;6*1-2/h4-5,14-17,35H,6-13H2,1-3H3,(H,32,33,34,36);5H,3-4H2,1-2H3;3-6H2,1-2H3;2-4H2,1H3;6*1-2H3. The minimum Gasteiger partial charge on any atom is -0.435 e. The lowest BCUT2D eigenvalue weighted by Gasteiger charge is -2.33. The lowest BCUT2D eigenvalue weighted by molar-refractivity contribution is 0.0661. The quantitative estimate of drug-likeness (QED) is 0.138. The van der Waals surface area contributed by atoms with Crippen molar-refractivity contribution in [1.82, 2.24) is 44.4 Å². The summed E-state index contributed by atoms with van der Waals surface area (Å²) in [5.74, 6) is -2.23. The summed E-state index contributed by atoms with van der Waals surface area (Å²) in [7, 11) is 8.44. The first-order chi connectivity index (χ1) is 36.0. The smallest absolute Gasteiger partial charge is 0.263 e. The van der Waals surface area contributed by atoms with Gasteiger partial charge in [-0.05, 0) is 80.1 Å². The molecule has 3 aliphatic heterocycles. The Morgan fingerprint density at radius 2 is 1.21 bits per heavy atom. The van der Waals surface area contributed by atoms with E-state index < -0.39 is 17.5 Å². The highest BCUT2D eigenvalue weighted by Crippen LogP contribution is 2.35. The number of nitrogens with zero attached hydrogens (tertiary/aromatic N) is 9. The molecule has 0 aliphatic carbocycles. The molecule has 17 heteroatoms. The van der Waals surface area contributed by atoms with Crippen molar-refractivity contribution in [2.24, 2.45) is 5.73 Å². The number of pyridine rings is 1. The molecule has 14 nitrogen and oxygen atoms in total. The molecule has 6 heterocycles. The zero-order valence-corrected chi connectivity index (χ0v) is 50.4. The SMILES string of the molecule is C=C(F)C(=C)C=C(C)C.CC.CC.CC.CC.CC.CC.CCCN.CN1CCN(C)CC1.Cc1cc2c(F)c(Oc3ncnc(Nc4ccc(N5CCN(C)CC5)cn4)c3C(=O)N3CCN(C)CC3)cc(F)c2[nH]1. The van der Waals surface area contributed by atoms with E-state index in [1.165, 1.54) is 38.6 Å². The van der Waals surface area contributed by atoms with E-state index in [1.807, 2.05) is 116 Å². The van der Waals surface area contributed by atoms with E-state index in [-0.39, 0.29) is 39.8 Å². The summed E-state index contributed by atoms with van der Waals surface area (Å²) >= 11 is 0. The number of benzene rings is 1. The topological polar surface area (TPSA) is 138 Å². The Morgan fingerprint density at radius 1 is 0.747 bits per heavy atom. The van der Waals surface area contributed by atoms with Gasteiger partial charge < -0.3 is 50.2 Å². The molecule has 75 heavy (non-hydrogen) atoms. The first-order valence-electron chi connectivity index (χ1n) is 27.4. The fraction of sp³-hybridized carbons (Fsp3) is 0.586. The van der Waals surface area contributed by atoms with Gasteiger partial charge in [0, 0.05) is 101 Å². The second-order valence-corrected chi connectivity index (χ2v) is 16.4. The van der Waals surface area contributed by atoms with Crippen molar-refractivity contribution in [1.29, 1.82) is 0 Å². The zero-order valence-electron chi connectivity index (χ0n) is 50.4. The lowest BCUT2D eigenvalue weighted by atomic mass is 10.2. The molecule has 3 saturated heterocycles. The van der Waals surface area contributed by atoms with Crippen LogP contribution in [-0.2, 0) is 0 Å². The third kappa shape index (κ3) is 27.3. The molecule has 0 atom stereocenters. The second-order valence-electron chi connectivity index (χ2n) is 16.4. The van der Waals surface area contributed by atoms with Crippen molar-refractivity contribution < 1.29 is 22.7 Å². The lowest BCUT2D eigenvalue weighted by Crippen LogP contribution is -2.47. The van der Waals surface area contributed by atoms with Crippen LogP contribution < -0.4 is 20.7 Å². The number of aromatic nitrogens is 4. The average molecular weight is 1060 g/mol. The molecule has 1 amide bonds. The summed E-state index contributed by atoms with van der Waals surface area (Å²) in [6.07, 6.45) is 5.74. The number of likely N-dealkylation sites (N-methyl/N-ethyl adjacent to an activating group) is 4. The van der Waals surface area contributed by atoms with Crippen LogP contribution in [0.4, 0.5) is 30.5 Å². The Bertz CT molecular complexity index is 2130. The number of piperazine rings is 3. The largest absolute Gasteiger partial charge is 0.435 e. The molecule has 3 fully saturated rings. The van der Waals surface area contributed by atoms with Crippen LogP contribution in [0.2, 0.25) is 0 Å². The van der Waals surface area contributed by atoms with Gasteiger partial charge in [0.25, 0.3) is 5.91 Å². The summed E-state index contributed by atoms with van der Waals surface area (Å²) in [4.78, 5) is 42.9. The van der Waals surface area contributed by atoms with Crippen LogP contribution in [-0.4, -0.2) is 164 Å². The number of H-pyrrole nitrogens is 1. The number of amides is 1. The van der Waals surface area contributed by atoms with Crippen LogP contribution in [0, 0.1) is 18.6 Å². The highest BCUT2D eigenvalue weighted by atomic mass is 19.1. The number of ether oxygens (including phenoxy) is 1. The Labute approximate surface area is 453 Å². The number of anilines is 3. The van der Waals surface area contributed by atoms with E-state index >= 15 is 4.39 Å². The number of halogens is 3. The Balaban J connectivity index is -0.00000129. The van der Waals surface area contributed by atoms with E-state index in [2.05, 4.69) is 91.0 Å². The molecule has 428 valence electrons. The van der Waals surface area contributed by atoms with Gasteiger partial charge in [-0.2, -0.15) is 0 Å². The molecule has 0 bridgehead atoms. The molecule has 0 saturated carbocycles. The molecule has 4 aromatic rings. The predicted molar refractivity (Wildman–Crippen MR) is 317 cm³/mol. The average Bonchev–Trinajstić information content (AvgIpc) is 3.85. The van der Waals surface area contributed by atoms with Crippen molar-refractivity contribution in [2.75, 3.05) is 123 Å². The molecular weight excluding hydrogens is 954 g/mol. The van der Waals surface area contributed by atoms with Crippen molar-refractivity contribution >= 4 is 34.1 Å². The monoisotopic (exact) mass is 1060 g/mol. The summed E-state index contributed by atoms with van der Waals surface area (Å²) in [5.41, 5.74) is 8.07. The summed E-state index contributed by atoms with van der Waals surface area (Å²) < 4.78 is 48.3. The number of rotatable bonds is 9. The van der Waals surface area contributed by atoms with Crippen LogP contribution in [0.15, 0.2) is 73.0 Å². The molecule has 4 N–H and O–H groups in total. The van der Waals surface area contributed by atoms with E-state index in [1.54, 1.807) is 24.1 Å². The zero-order chi connectivity index (χ0) is 58.2. The van der Waals surface area contributed by atoms with Crippen LogP contribution in [0.25, 0.3) is 10.9 Å². The number of nitrogens with two attached hydrogens (primary N) is 1. The van der Waals surface area contributed by atoms with Gasteiger partial charge in [-0.1, -0.05) is 115 Å². The van der Waals surface area contributed by atoms with E-state index in [0.717, 1.165) is 56.5 Å². The number of fused-ring (bicyclic) bond motifs is 1. The molecular formula is C58H103F3N12O2. The molecule has 3 aliphatic rings. The first-order valence-corrected chi connectivity index (χ1v) is 27.4. The Kier molecular flexibility index (Phi) is 43.2. The van der Waals surface area contributed by atoms with E-state index in [0.29, 0.717) is 43.3 Å². The molecule has 3 aromatic heterocycles. The fourth-order valence-corrected chi connectivity index (χ4v) is 6.58. The van der Waals surface area contributed by atoms with Crippen LogP contribution >= 0.6 is 0 Å². The predicted octanol–water partition coefficient (Wildman–Crippen LogP) is 13.0. The number of hydrogen-bond acceptors (Lipinski definition) is 12. The number of aromatic amines is 1. The first kappa shape index (κ1) is 73.9. The molecule has 1 aromatic carbocycles. The maximum Gasteiger partial charge on any atom is 0.263 e. The van der Waals surface area contributed by atoms with Gasteiger partial charge in [-0.3, -0.25) is 4.79 Å².